The molecule has 0 spiro atoms. The van der Waals surface area contributed by atoms with Crippen molar-refractivity contribution in [3.05, 3.63) is 23.8 Å². The standard InChI is InChI=1S/C15H22F3N3O3S/c1-11-9-12(3-4-13(11)24-2)25(22,23)20-10-14(15(16,17)18)21-7-5-19-6-8-21/h3-4,9,14,19-20H,5-8,10H2,1-2H3. The number of benzene rings is 1. The number of piperazine rings is 1. The van der Waals surface area contributed by atoms with Crippen LogP contribution in [0.3, 0.4) is 0 Å². The van der Waals surface area contributed by atoms with E-state index in [2.05, 4.69) is 10.0 Å². The molecule has 0 amide bonds. The van der Waals surface area contributed by atoms with E-state index in [0.29, 0.717) is 24.4 Å². The first-order chi connectivity index (χ1) is 11.6. The lowest BCUT2D eigenvalue weighted by atomic mass is 10.2. The highest BCUT2D eigenvalue weighted by molar-refractivity contribution is 7.89. The lowest BCUT2D eigenvalue weighted by Gasteiger charge is -2.35. The smallest absolute Gasteiger partial charge is 0.405 e. The Morgan fingerprint density at radius 3 is 2.48 bits per heavy atom. The largest absolute Gasteiger partial charge is 0.496 e. The molecule has 1 heterocycles. The molecule has 2 rings (SSSR count). The fraction of sp³-hybridized carbons (Fsp3) is 0.600. The average molecular weight is 381 g/mol. The van der Waals surface area contributed by atoms with Crippen LogP contribution in [0.4, 0.5) is 13.2 Å². The highest BCUT2D eigenvalue weighted by atomic mass is 32.2. The minimum atomic E-state index is -4.52. The minimum absolute atomic E-state index is 0.0907. The number of rotatable bonds is 6. The molecule has 1 aromatic rings. The van der Waals surface area contributed by atoms with Gasteiger partial charge in [0, 0.05) is 32.7 Å². The summed E-state index contributed by atoms with van der Waals surface area (Å²) in [5.74, 6) is 0.507. The molecule has 0 saturated carbocycles. The second-order valence-electron chi connectivity index (χ2n) is 5.83. The van der Waals surface area contributed by atoms with Crippen molar-refractivity contribution in [3.63, 3.8) is 0 Å². The summed E-state index contributed by atoms with van der Waals surface area (Å²) in [5, 5.41) is 2.98. The van der Waals surface area contributed by atoms with Crippen molar-refractivity contribution >= 4 is 10.0 Å². The average Bonchev–Trinajstić information content (AvgIpc) is 2.54. The van der Waals surface area contributed by atoms with Crippen molar-refractivity contribution in [2.24, 2.45) is 0 Å². The van der Waals surface area contributed by atoms with Crippen LogP contribution in [0.1, 0.15) is 5.56 Å². The maximum absolute atomic E-state index is 13.3. The Kier molecular flexibility index (Phi) is 6.30. The van der Waals surface area contributed by atoms with Gasteiger partial charge >= 0.3 is 6.18 Å². The number of nitrogens with one attached hydrogen (secondary N) is 2. The Hall–Kier alpha value is -1.36. The molecule has 1 aliphatic rings. The molecule has 1 aliphatic heterocycles. The van der Waals surface area contributed by atoms with E-state index in [9.17, 15) is 21.6 Å². The summed E-state index contributed by atoms with van der Waals surface area (Å²) in [5.41, 5.74) is 0.583. The molecular formula is C15H22F3N3O3S. The Morgan fingerprint density at radius 2 is 1.96 bits per heavy atom. The van der Waals surface area contributed by atoms with E-state index < -0.39 is 28.8 Å². The molecule has 0 radical (unpaired) electrons. The number of methoxy groups -OCH3 is 1. The third-order valence-corrected chi connectivity index (χ3v) is 5.53. The highest BCUT2D eigenvalue weighted by Crippen LogP contribution is 2.26. The molecule has 25 heavy (non-hydrogen) atoms. The van der Waals surface area contributed by atoms with Crippen molar-refractivity contribution in [2.75, 3.05) is 39.8 Å². The monoisotopic (exact) mass is 381 g/mol. The molecule has 1 aromatic carbocycles. The summed E-state index contributed by atoms with van der Waals surface area (Å²) in [6.07, 6.45) is -4.52. The van der Waals surface area contributed by atoms with Gasteiger partial charge in [-0.2, -0.15) is 13.2 Å². The van der Waals surface area contributed by atoms with Crippen LogP contribution >= 0.6 is 0 Å². The maximum atomic E-state index is 13.3. The van der Waals surface area contributed by atoms with Gasteiger partial charge in [0.05, 0.1) is 12.0 Å². The SMILES string of the molecule is COc1ccc(S(=O)(=O)NCC(N2CCNCC2)C(F)(F)F)cc1C. The summed E-state index contributed by atoms with van der Waals surface area (Å²) < 4.78 is 71.8. The van der Waals surface area contributed by atoms with Crippen LogP contribution in [-0.4, -0.2) is 65.4 Å². The van der Waals surface area contributed by atoms with Gasteiger partial charge in [0.1, 0.15) is 11.8 Å². The molecule has 2 N–H and O–H groups in total. The van der Waals surface area contributed by atoms with E-state index in [0.717, 1.165) is 0 Å². The first-order valence-corrected chi connectivity index (χ1v) is 9.29. The number of hydrogen-bond donors (Lipinski definition) is 2. The summed E-state index contributed by atoms with van der Waals surface area (Å²) in [4.78, 5) is 1.16. The third kappa shape index (κ3) is 5.06. The van der Waals surface area contributed by atoms with E-state index in [-0.39, 0.29) is 18.0 Å². The predicted molar refractivity (Wildman–Crippen MR) is 87.2 cm³/mol. The fourth-order valence-corrected chi connectivity index (χ4v) is 3.86. The van der Waals surface area contributed by atoms with Crippen LogP contribution in [-0.2, 0) is 10.0 Å². The van der Waals surface area contributed by atoms with E-state index in [1.807, 2.05) is 0 Å². The Bertz CT molecular complexity index is 689. The van der Waals surface area contributed by atoms with Crippen LogP contribution in [0.2, 0.25) is 0 Å². The first kappa shape index (κ1) is 20.0. The predicted octanol–water partition coefficient (Wildman–Crippen LogP) is 1.12. The second kappa shape index (κ2) is 7.90. The van der Waals surface area contributed by atoms with Crippen LogP contribution < -0.4 is 14.8 Å². The Morgan fingerprint density at radius 1 is 1.32 bits per heavy atom. The van der Waals surface area contributed by atoms with Crippen LogP contribution in [0.5, 0.6) is 5.75 Å². The van der Waals surface area contributed by atoms with Gasteiger partial charge in [-0.3, -0.25) is 4.90 Å². The van der Waals surface area contributed by atoms with Crippen LogP contribution in [0.25, 0.3) is 0 Å². The number of aryl methyl sites for hydroxylation is 1. The van der Waals surface area contributed by atoms with Gasteiger partial charge in [0.2, 0.25) is 10.0 Å². The van der Waals surface area contributed by atoms with Gasteiger partial charge in [-0.15, -0.1) is 0 Å². The fourth-order valence-electron chi connectivity index (χ4n) is 2.74. The molecular weight excluding hydrogens is 359 g/mol. The van der Waals surface area contributed by atoms with E-state index >= 15 is 0 Å². The topological polar surface area (TPSA) is 70.7 Å². The summed E-state index contributed by atoms with van der Waals surface area (Å²) in [6.45, 7) is 2.25. The summed E-state index contributed by atoms with van der Waals surface area (Å²) in [7, 11) is -2.60. The summed E-state index contributed by atoms with van der Waals surface area (Å²) in [6, 6.07) is 2.29. The molecule has 10 heteroatoms. The zero-order valence-corrected chi connectivity index (χ0v) is 14.9. The van der Waals surface area contributed by atoms with E-state index in [1.54, 1.807) is 6.92 Å². The van der Waals surface area contributed by atoms with Crippen molar-refractivity contribution in [1.29, 1.82) is 0 Å². The first-order valence-electron chi connectivity index (χ1n) is 7.81. The molecule has 0 aliphatic carbocycles. The normalized spacial score (nSPS) is 18.1. The maximum Gasteiger partial charge on any atom is 0.405 e. The highest BCUT2D eigenvalue weighted by Gasteiger charge is 2.44. The lowest BCUT2D eigenvalue weighted by Crippen LogP contribution is -2.57. The van der Waals surface area contributed by atoms with Gasteiger partial charge in [0.15, 0.2) is 0 Å². The number of ether oxygens (including phenoxy) is 1. The van der Waals surface area contributed by atoms with Crippen molar-refractivity contribution in [3.8, 4) is 5.75 Å². The molecule has 6 nitrogen and oxygen atoms in total. The molecule has 1 atom stereocenters. The van der Waals surface area contributed by atoms with E-state index in [4.69, 9.17) is 4.74 Å². The van der Waals surface area contributed by atoms with Crippen molar-refractivity contribution in [2.45, 2.75) is 24.0 Å². The van der Waals surface area contributed by atoms with Crippen LogP contribution in [0.15, 0.2) is 23.1 Å². The second-order valence-corrected chi connectivity index (χ2v) is 7.59. The molecule has 0 aromatic heterocycles. The van der Waals surface area contributed by atoms with Gasteiger partial charge in [-0.05, 0) is 30.7 Å². The van der Waals surface area contributed by atoms with Gasteiger partial charge in [-0.1, -0.05) is 0 Å². The minimum Gasteiger partial charge on any atom is -0.496 e. The molecule has 142 valence electrons. The molecule has 0 bridgehead atoms. The number of nitrogens with zero attached hydrogens (tertiary/aromatic N) is 1. The van der Waals surface area contributed by atoms with Gasteiger partial charge < -0.3 is 10.1 Å². The third-order valence-electron chi connectivity index (χ3n) is 4.11. The number of alkyl halides is 3. The Balaban J connectivity index is 2.14. The zero-order valence-electron chi connectivity index (χ0n) is 14.1. The quantitative estimate of drug-likeness (QED) is 0.773. The molecule has 1 fully saturated rings. The van der Waals surface area contributed by atoms with Crippen LogP contribution in [0, 0.1) is 6.92 Å². The van der Waals surface area contributed by atoms with Gasteiger partial charge in [-0.25, -0.2) is 13.1 Å². The van der Waals surface area contributed by atoms with E-state index in [1.165, 1.54) is 30.2 Å². The van der Waals surface area contributed by atoms with Gasteiger partial charge in [0.25, 0.3) is 0 Å². The molecule has 1 unspecified atom stereocenters. The number of halogens is 3. The van der Waals surface area contributed by atoms with Crippen molar-refractivity contribution in [1.82, 2.24) is 14.9 Å². The number of sulfonamides is 1. The number of hydrogen-bond acceptors (Lipinski definition) is 5. The Labute approximate surface area is 145 Å². The lowest BCUT2D eigenvalue weighted by molar-refractivity contribution is -0.182. The molecule has 1 saturated heterocycles. The zero-order chi connectivity index (χ0) is 18.7. The van der Waals surface area contributed by atoms with Crippen molar-refractivity contribution < 1.29 is 26.3 Å². The summed E-state index contributed by atoms with van der Waals surface area (Å²) >= 11 is 0.